The largest absolute Gasteiger partial charge is 0.497 e. The Morgan fingerprint density at radius 2 is 2.36 bits per heavy atom. The van der Waals surface area contributed by atoms with Crippen LogP contribution in [-0.2, 0) is 16.0 Å². The maximum Gasteiger partial charge on any atom is 0.228 e. The van der Waals surface area contributed by atoms with Crippen molar-refractivity contribution in [1.29, 1.82) is 0 Å². The van der Waals surface area contributed by atoms with Crippen LogP contribution in [0.1, 0.15) is 30.0 Å². The standard InChI is InChI=1S/C17H20N4O3S/c1-24-11-4-5-14-12(7-11)13(8-15(22)21-14)16(23)19-6-2-3-10-9-25-17(18)20-10/h4-5,7,9,13H,2-3,6,8H2,1H3,(H2,18,20)(H,19,23)(H,21,22)/t13-/m1/s1. The summed E-state index contributed by atoms with van der Waals surface area (Å²) in [6.07, 6.45) is 1.65. The van der Waals surface area contributed by atoms with Crippen molar-refractivity contribution in [3.8, 4) is 5.75 Å². The minimum atomic E-state index is -0.506. The molecule has 1 atom stereocenters. The number of amides is 2. The zero-order chi connectivity index (χ0) is 17.8. The summed E-state index contributed by atoms with van der Waals surface area (Å²) in [6.45, 7) is 0.522. The molecule has 2 heterocycles. The van der Waals surface area contributed by atoms with Crippen molar-refractivity contribution in [3.63, 3.8) is 0 Å². The number of thiazole rings is 1. The number of anilines is 2. The first kappa shape index (κ1) is 17.2. The molecule has 132 valence electrons. The molecule has 8 heteroatoms. The lowest BCUT2D eigenvalue weighted by Gasteiger charge is -2.25. The van der Waals surface area contributed by atoms with Gasteiger partial charge in [0.05, 0.1) is 18.7 Å². The van der Waals surface area contributed by atoms with Gasteiger partial charge >= 0.3 is 0 Å². The number of nitrogens with one attached hydrogen (secondary N) is 2. The Hall–Kier alpha value is -2.61. The number of aromatic nitrogens is 1. The first-order chi connectivity index (χ1) is 12.1. The molecule has 4 N–H and O–H groups in total. The number of nitrogens with two attached hydrogens (primary N) is 1. The summed E-state index contributed by atoms with van der Waals surface area (Å²) in [6, 6.07) is 5.33. The van der Waals surface area contributed by atoms with Crippen molar-refractivity contribution >= 4 is 34.0 Å². The van der Waals surface area contributed by atoms with Gasteiger partial charge in [0.25, 0.3) is 0 Å². The number of ether oxygens (including phenoxy) is 1. The molecule has 7 nitrogen and oxygen atoms in total. The quantitative estimate of drug-likeness (QED) is 0.682. The fourth-order valence-corrected chi connectivity index (χ4v) is 3.44. The average molecular weight is 360 g/mol. The molecule has 1 aromatic carbocycles. The zero-order valence-electron chi connectivity index (χ0n) is 13.9. The van der Waals surface area contributed by atoms with Gasteiger partial charge in [0, 0.05) is 24.0 Å². The lowest BCUT2D eigenvalue weighted by atomic mass is 9.89. The first-order valence-electron chi connectivity index (χ1n) is 8.02. The highest BCUT2D eigenvalue weighted by Gasteiger charge is 2.30. The van der Waals surface area contributed by atoms with Gasteiger partial charge in [0.15, 0.2) is 5.13 Å². The molecule has 0 bridgehead atoms. The smallest absolute Gasteiger partial charge is 0.228 e. The summed E-state index contributed by atoms with van der Waals surface area (Å²) >= 11 is 1.41. The fourth-order valence-electron chi connectivity index (χ4n) is 2.84. The average Bonchev–Trinajstić information content (AvgIpc) is 3.02. The molecule has 0 fully saturated rings. The van der Waals surface area contributed by atoms with Crippen molar-refractivity contribution < 1.29 is 14.3 Å². The van der Waals surface area contributed by atoms with E-state index in [-0.39, 0.29) is 18.2 Å². The highest BCUT2D eigenvalue weighted by molar-refractivity contribution is 7.13. The molecular weight excluding hydrogens is 340 g/mol. The maximum absolute atomic E-state index is 12.6. The summed E-state index contributed by atoms with van der Waals surface area (Å²) in [7, 11) is 1.57. The summed E-state index contributed by atoms with van der Waals surface area (Å²) in [5, 5.41) is 8.18. The second kappa shape index (κ2) is 7.52. The van der Waals surface area contributed by atoms with Crippen molar-refractivity contribution in [1.82, 2.24) is 10.3 Å². The summed E-state index contributed by atoms with van der Waals surface area (Å²) in [5.41, 5.74) is 7.98. The van der Waals surface area contributed by atoms with Gasteiger partial charge in [0.1, 0.15) is 5.75 Å². The second-order valence-electron chi connectivity index (χ2n) is 5.83. The Morgan fingerprint density at radius 1 is 1.52 bits per heavy atom. The number of methoxy groups -OCH3 is 1. The number of hydrogen-bond donors (Lipinski definition) is 3. The van der Waals surface area contributed by atoms with Gasteiger partial charge in [-0.25, -0.2) is 4.98 Å². The Balaban J connectivity index is 1.61. The Kier molecular flexibility index (Phi) is 5.18. The van der Waals surface area contributed by atoms with E-state index in [2.05, 4.69) is 15.6 Å². The number of carbonyl (C=O) groups is 2. The van der Waals surface area contributed by atoms with E-state index in [1.54, 1.807) is 25.3 Å². The SMILES string of the molecule is COc1ccc2c(c1)[C@H](C(=O)NCCCc1csc(N)n1)CC(=O)N2. The van der Waals surface area contributed by atoms with E-state index in [1.807, 2.05) is 5.38 Å². The van der Waals surface area contributed by atoms with E-state index in [0.717, 1.165) is 24.1 Å². The highest BCUT2D eigenvalue weighted by Crippen LogP contribution is 2.34. The zero-order valence-corrected chi connectivity index (χ0v) is 14.7. The van der Waals surface area contributed by atoms with Crippen LogP contribution in [0.2, 0.25) is 0 Å². The Labute approximate surface area is 149 Å². The molecule has 2 amide bonds. The van der Waals surface area contributed by atoms with Crippen LogP contribution in [0.3, 0.4) is 0 Å². The molecule has 0 spiro atoms. The number of benzene rings is 1. The lowest BCUT2D eigenvalue weighted by molar-refractivity contribution is -0.126. The minimum Gasteiger partial charge on any atom is -0.497 e. The van der Waals surface area contributed by atoms with Crippen LogP contribution in [0.5, 0.6) is 5.75 Å². The maximum atomic E-state index is 12.6. The van der Waals surface area contributed by atoms with E-state index in [9.17, 15) is 9.59 Å². The molecular formula is C17H20N4O3S. The number of nitrogen functional groups attached to an aromatic ring is 1. The molecule has 1 aliphatic rings. The lowest BCUT2D eigenvalue weighted by Crippen LogP contribution is -2.35. The number of aryl methyl sites for hydroxylation is 1. The van der Waals surface area contributed by atoms with Crippen molar-refractivity contribution in [2.45, 2.75) is 25.2 Å². The van der Waals surface area contributed by atoms with Crippen molar-refractivity contribution in [3.05, 3.63) is 34.8 Å². The van der Waals surface area contributed by atoms with Gasteiger partial charge in [0.2, 0.25) is 11.8 Å². The van der Waals surface area contributed by atoms with Gasteiger partial charge in [-0.2, -0.15) is 0 Å². The van der Waals surface area contributed by atoms with E-state index in [1.165, 1.54) is 11.3 Å². The van der Waals surface area contributed by atoms with Gasteiger partial charge in [-0.3, -0.25) is 9.59 Å². The molecule has 0 unspecified atom stereocenters. The first-order valence-corrected chi connectivity index (χ1v) is 8.90. The predicted octanol–water partition coefficient (Wildman–Crippen LogP) is 1.91. The highest BCUT2D eigenvalue weighted by atomic mass is 32.1. The predicted molar refractivity (Wildman–Crippen MR) is 96.8 cm³/mol. The van der Waals surface area contributed by atoms with E-state index in [4.69, 9.17) is 10.5 Å². The van der Waals surface area contributed by atoms with Gasteiger partial charge in [-0.05, 0) is 36.6 Å². The molecule has 0 aliphatic carbocycles. The van der Waals surface area contributed by atoms with Crippen LogP contribution in [0.25, 0.3) is 0 Å². The van der Waals surface area contributed by atoms with Gasteiger partial charge in [-0.15, -0.1) is 11.3 Å². The van der Waals surface area contributed by atoms with Crippen LogP contribution >= 0.6 is 11.3 Å². The summed E-state index contributed by atoms with van der Waals surface area (Å²) < 4.78 is 5.22. The number of rotatable bonds is 6. The monoisotopic (exact) mass is 360 g/mol. The molecule has 1 aliphatic heterocycles. The van der Waals surface area contributed by atoms with Crippen LogP contribution in [0, 0.1) is 0 Å². The molecule has 3 rings (SSSR count). The molecule has 0 saturated heterocycles. The molecule has 0 radical (unpaired) electrons. The van der Waals surface area contributed by atoms with E-state index >= 15 is 0 Å². The molecule has 25 heavy (non-hydrogen) atoms. The van der Waals surface area contributed by atoms with Crippen molar-refractivity contribution in [2.24, 2.45) is 0 Å². The minimum absolute atomic E-state index is 0.134. The molecule has 0 saturated carbocycles. The van der Waals surface area contributed by atoms with E-state index < -0.39 is 5.92 Å². The van der Waals surface area contributed by atoms with Gasteiger partial charge in [-0.1, -0.05) is 0 Å². The number of fused-ring (bicyclic) bond motifs is 1. The van der Waals surface area contributed by atoms with Crippen LogP contribution in [0.4, 0.5) is 10.8 Å². The molecule has 1 aromatic heterocycles. The number of carbonyl (C=O) groups excluding carboxylic acids is 2. The Bertz CT molecular complexity index is 790. The van der Waals surface area contributed by atoms with E-state index in [0.29, 0.717) is 23.1 Å². The second-order valence-corrected chi connectivity index (χ2v) is 6.72. The summed E-state index contributed by atoms with van der Waals surface area (Å²) in [5.74, 6) is -0.152. The van der Waals surface area contributed by atoms with Crippen LogP contribution < -0.4 is 21.1 Å². The third-order valence-corrected chi connectivity index (χ3v) is 4.82. The van der Waals surface area contributed by atoms with Crippen molar-refractivity contribution in [2.75, 3.05) is 24.7 Å². The topological polar surface area (TPSA) is 106 Å². The normalized spacial score (nSPS) is 16.0. The van der Waals surface area contributed by atoms with Gasteiger partial charge < -0.3 is 21.1 Å². The Morgan fingerprint density at radius 3 is 3.08 bits per heavy atom. The number of hydrogen-bond acceptors (Lipinski definition) is 6. The number of nitrogens with zero attached hydrogens (tertiary/aromatic N) is 1. The molecule has 2 aromatic rings. The fraction of sp³-hybridized carbons (Fsp3) is 0.353. The van der Waals surface area contributed by atoms with Crippen LogP contribution in [-0.4, -0.2) is 30.5 Å². The third-order valence-electron chi connectivity index (χ3n) is 4.09. The summed E-state index contributed by atoms with van der Waals surface area (Å²) in [4.78, 5) is 28.6. The third kappa shape index (κ3) is 4.08. The van der Waals surface area contributed by atoms with Crippen LogP contribution in [0.15, 0.2) is 23.6 Å².